The number of hydrogen-bond acceptors (Lipinski definition) is 2. The van der Waals surface area contributed by atoms with E-state index in [0.29, 0.717) is 15.7 Å². The first kappa shape index (κ1) is 10.1. The zero-order chi connectivity index (χ0) is 10.1. The first-order valence-electron chi connectivity index (χ1n) is 3.73. The fourth-order valence-corrected chi connectivity index (χ4v) is 2.19. The summed E-state index contributed by atoms with van der Waals surface area (Å²) in [5, 5.41) is 1.73. The molecule has 2 rings (SSSR count). The molecule has 1 aromatic carbocycles. The molecule has 1 nitrogen and oxygen atoms in total. The molecule has 0 radical (unpaired) electrons. The molecule has 72 valence electrons. The van der Waals surface area contributed by atoms with E-state index in [-0.39, 0.29) is 5.82 Å². The summed E-state index contributed by atoms with van der Waals surface area (Å²) in [4.78, 5) is 4.01. The Kier molecular flexibility index (Phi) is 2.85. The highest BCUT2D eigenvalue weighted by atomic mass is 79.9. The van der Waals surface area contributed by atoms with Gasteiger partial charge in [-0.25, -0.2) is 9.37 Å². The highest BCUT2D eigenvalue weighted by Crippen LogP contribution is 2.28. The van der Waals surface area contributed by atoms with Gasteiger partial charge in [-0.1, -0.05) is 27.5 Å². The minimum absolute atomic E-state index is 0.296. The SMILES string of the molecule is Fc1ccc(Br)cc1-c1csc(Cl)n1. The van der Waals surface area contributed by atoms with Crippen molar-refractivity contribution in [2.45, 2.75) is 0 Å². The Bertz CT molecular complexity index is 472. The molecular weight excluding hydrogens is 289 g/mol. The average molecular weight is 293 g/mol. The van der Waals surface area contributed by atoms with E-state index in [0.717, 1.165) is 4.47 Å². The molecule has 0 bridgehead atoms. The average Bonchev–Trinajstić information content (AvgIpc) is 2.56. The molecule has 2 aromatic rings. The lowest BCUT2D eigenvalue weighted by Gasteiger charge is -1.99. The van der Waals surface area contributed by atoms with Crippen LogP contribution in [0.5, 0.6) is 0 Å². The van der Waals surface area contributed by atoms with E-state index in [1.807, 2.05) is 0 Å². The van der Waals surface area contributed by atoms with Crippen LogP contribution in [0.15, 0.2) is 28.1 Å². The summed E-state index contributed by atoms with van der Waals surface area (Å²) in [6.45, 7) is 0. The molecule has 0 spiro atoms. The van der Waals surface area contributed by atoms with Crippen LogP contribution in [0.4, 0.5) is 4.39 Å². The lowest BCUT2D eigenvalue weighted by molar-refractivity contribution is 0.630. The maximum absolute atomic E-state index is 13.4. The van der Waals surface area contributed by atoms with Crippen LogP contribution in [-0.2, 0) is 0 Å². The van der Waals surface area contributed by atoms with Crippen molar-refractivity contribution >= 4 is 38.9 Å². The summed E-state index contributed by atoms with van der Waals surface area (Å²) < 4.78 is 14.6. The van der Waals surface area contributed by atoms with Gasteiger partial charge in [0.25, 0.3) is 0 Å². The zero-order valence-corrected chi connectivity index (χ0v) is 9.96. The number of aromatic nitrogens is 1. The van der Waals surface area contributed by atoms with Gasteiger partial charge in [0.15, 0.2) is 4.47 Å². The predicted octanol–water partition coefficient (Wildman–Crippen LogP) is 4.37. The molecule has 1 heterocycles. The summed E-state index contributed by atoms with van der Waals surface area (Å²) in [5.74, 6) is -0.296. The Hall–Kier alpha value is -0.450. The van der Waals surface area contributed by atoms with Crippen molar-refractivity contribution in [2.24, 2.45) is 0 Å². The van der Waals surface area contributed by atoms with E-state index in [1.54, 1.807) is 17.5 Å². The smallest absolute Gasteiger partial charge is 0.184 e. The molecule has 5 heteroatoms. The quantitative estimate of drug-likeness (QED) is 0.761. The lowest BCUT2D eigenvalue weighted by Crippen LogP contribution is -1.83. The highest BCUT2D eigenvalue weighted by molar-refractivity contribution is 9.10. The Morgan fingerprint density at radius 3 is 2.86 bits per heavy atom. The van der Waals surface area contributed by atoms with Crippen molar-refractivity contribution in [3.8, 4) is 11.3 Å². The lowest BCUT2D eigenvalue weighted by atomic mass is 10.2. The minimum Gasteiger partial charge on any atom is -0.225 e. The van der Waals surface area contributed by atoms with Crippen molar-refractivity contribution in [2.75, 3.05) is 0 Å². The van der Waals surface area contributed by atoms with Crippen molar-refractivity contribution in [3.05, 3.63) is 38.3 Å². The number of benzene rings is 1. The molecule has 0 aliphatic heterocycles. The predicted molar refractivity (Wildman–Crippen MR) is 60.2 cm³/mol. The monoisotopic (exact) mass is 291 g/mol. The molecule has 0 atom stereocenters. The van der Waals surface area contributed by atoms with E-state index in [2.05, 4.69) is 20.9 Å². The number of halogens is 3. The van der Waals surface area contributed by atoms with E-state index in [9.17, 15) is 4.39 Å². The van der Waals surface area contributed by atoms with Crippen LogP contribution >= 0.6 is 38.9 Å². The normalized spacial score (nSPS) is 10.5. The molecule has 0 saturated carbocycles. The Morgan fingerprint density at radius 1 is 1.43 bits per heavy atom. The van der Waals surface area contributed by atoms with Crippen LogP contribution in [0.2, 0.25) is 4.47 Å². The molecule has 0 unspecified atom stereocenters. The van der Waals surface area contributed by atoms with Crippen LogP contribution in [0.1, 0.15) is 0 Å². The van der Waals surface area contributed by atoms with E-state index >= 15 is 0 Å². The molecular formula is C9H4BrClFNS. The second-order valence-electron chi connectivity index (χ2n) is 2.61. The van der Waals surface area contributed by atoms with Crippen molar-refractivity contribution in [1.29, 1.82) is 0 Å². The summed E-state index contributed by atoms with van der Waals surface area (Å²) in [6.07, 6.45) is 0. The van der Waals surface area contributed by atoms with Gasteiger partial charge in [0, 0.05) is 15.4 Å². The largest absolute Gasteiger partial charge is 0.225 e. The van der Waals surface area contributed by atoms with E-state index in [1.165, 1.54) is 17.4 Å². The van der Waals surface area contributed by atoms with Crippen LogP contribution in [-0.4, -0.2) is 4.98 Å². The minimum atomic E-state index is -0.296. The number of rotatable bonds is 1. The molecule has 0 saturated heterocycles. The van der Waals surface area contributed by atoms with Gasteiger partial charge in [0.1, 0.15) is 5.82 Å². The summed E-state index contributed by atoms with van der Waals surface area (Å²) in [5.41, 5.74) is 1.03. The topological polar surface area (TPSA) is 12.9 Å². The van der Waals surface area contributed by atoms with Crippen LogP contribution in [0.3, 0.4) is 0 Å². The van der Waals surface area contributed by atoms with Crippen LogP contribution in [0.25, 0.3) is 11.3 Å². The molecule has 0 fully saturated rings. The van der Waals surface area contributed by atoms with E-state index in [4.69, 9.17) is 11.6 Å². The number of hydrogen-bond donors (Lipinski definition) is 0. The summed E-state index contributed by atoms with van der Waals surface area (Å²) >= 11 is 10.2. The Labute approximate surface area is 97.7 Å². The van der Waals surface area contributed by atoms with Gasteiger partial charge < -0.3 is 0 Å². The van der Waals surface area contributed by atoms with Gasteiger partial charge in [-0.2, -0.15) is 0 Å². The third kappa shape index (κ3) is 1.97. The first-order chi connectivity index (χ1) is 6.66. The number of thiazole rings is 1. The zero-order valence-electron chi connectivity index (χ0n) is 6.80. The molecule has 0 aliphatic rings. The Morgan fingerprint density at radius 2 is 2.21 bits per heavy atom. The molecule has 14 heavy (non-hydrogen) atoms. The van der Waals surface area contributed by atoms with Crippen molar-refractivity contribution in [1.82, 2.24) is 4.98 Å². The maximum atomic E-state index is 13.4. The highest BCUT2D eigenvalue weighted by Gasteiger charge is 2.08. The van der Waals surface area contributed by atoms with Gasteiger partial charge >= 0.3 is 0 Å². The van der Waals surface area contributed by atoms with Crippen LogP contribution < -0.4 is 0 Å². The van der Waals surface area contributed by atoms with Gasteiger partial charge in [0.05, 0.1) is 5.69 Å². The molecule has 0 N–H and O–H groups in total. The third-order valence-corrected chi connectivity index (χ3v) is 3.15. The van der Waals surface area contributed by atoms with Gasteiger partial charge in [-0.05, 0) is 18.2 Å². The molecule has 1 aromatic heterocycles. The standard InChI is InChI=1S/C9H4BrClFNS/c10-5-1-2-7(12)6(3-5)8-4-14-9(11)13-8/h1-4H. The fraction of sp³-hybridized carbons (Fsp3) is 0. The van der Waals surface area contributed by atoms with Crippen molar-refractivity contribution in [3.63, 3.8) is 0 Å². The van der Waals surface area contributed by atoms with Crippen molar-refractivity contribution < 1.29 is 4.39 Å². The third-order valence-electron chi connectivity index (χ3n) is 1.68. The second-order valence-corrected chi connectivity index (χ2v) is 4.97. The fourth-order valence-electron chi connectivity index (χ4n) is 1.07. The van der Waals surface area contributed by atoms with E-state index < -0.39 is 0 Å². The van der Waals surface area contributed by atoms with Crippen LogP contribution in [0, 0.1) is 5.82 Å². The van der Waals surface area contributed by atoms with Gasteiger partial charge in [-0.15, -0.1) is 11.3 Å². The summed E-state index contributed by atoms with van der Waals surface area (Å²) in [7, 11) is 0. The first-order valence-corrected chi connectivity index (χ1v) is 5.78. The number of nitrogens with zero attached hydrogens (tertiary/aromatic N) is 1. The van der Waals surface area contributed by atoms with Gasteiger partial charge in [0.2, 0.25) is 0 Å². The second kappa shape index (κ2) is 3.96. The molecule has 0 aliphatic carbocycles. The van der Waals surface area contributed by atoms with Gasteiger partial charge in [-0.3, -0.25) is 0 Å². The summed E-state index contributed by atoms with van der Waals surface area (Å²) in [6, 6.07) is 4.72. The molecule has 0 amide bonds. The maximum Gasteiger partial charge on any atom is 0.184 e. The Balaban J connectivity index is 2.55.